The van der Waals surface area contributed by atoms with Crippen molar-refractivity contribution in [3.63, 3.8) is 0 Å². The fourth-order valence-corrected chi connectivity index (χ4v) is 3.40. The van der Waals surface area contributed by atoms with Gasteiger partial charge in [0.15, 0.2) is 0 Å². The summed E-state index contributed by atoms with van der Waals surface area (Å²) in [5.74, 6) is 0. The molecule has 1 aromatic rings. The van der Waals surface area contributed by atoms with Gasteiger partial charge in [-0.15, -0.1) is 0 Å². The van der Waals surface area contributed by atoms with Gasteiger partial charge in [0.25, 0.3) is 0 Å². The lowest BCUT2D eigenvalue weighted by Gasteiger charge is -2.35. The molecular weight excluding hydrogens is 284 g/mol. The Bertz CT molecular complexity index is 495. The summed E-state index contributed by atoms with van der Waals surface area (Å²) >= 11 is 6.26. The molecule has 1 N–H and O–H groups in total. The zero-order chi connectivity index (χ0) is 15.5. The zero-order valence-electron chi connectivity index (χ0n) is 13.2. The molecule has 3 nitrogen and oxygen atoms in total. The Balaban J connectivity index is 2.05. The van der Waals surface area contributed by atoms with Crippen LogP contribution in [-0.4, -0.2) is 24.0 Å². The number of carbonyl (C=O) groups is 1. The van der Waals surface area contributed by atoms with Gasteiger partial charge in [0.2, 0.25) is 0 Å². The normalized spacial score (nSPS) is 16.6. The number of benzene rings is 1. The smallest absolute Gasteiger partial charge is 0.318 e. The molecular formula is C17H25ClN2O. The van der Waals surface area contributed by atoms with Crippen molar-refractivity contribution < 1.29 is 4.79 Å². The van der Waals surface area contributed by atoms with E-state index in [4.69, 9.17) is 11.6 Å². The van der Waals surface area contributed by atoms with Crippen LogP contribution < -0.4 is 5.32 Å². The summed E-state index contributed by atoms with van der Waals surface area (Å²) in [4.78, 5) is 14.4. The number of rotatable bonds is 3. The van der Waals surface area contributed by atoms with Gasteiger partial charge in [-0.05, 0) is 38.3 Å². The molecule has 0 bridgehead atoms. The van der Waals surface area contributed by atoms with Crippen LogP contribution in [0.5, 0.6) is 0 Å². The van der Waals surface area contributed by atoms with Gasteiger partial charge >= 0.3 is 6.03 Å². The first-order chi connectivity index (χ1) is 9.92. The van der Waals surface area contributed by atoms with Gasteiger partial charge in [-0.2, -0.15) is 0 Å². The Labute approximate surface area is 132 Å². The second kappa shape index (κ2) is 6.69. The zero-order valence-corrected chi connectivity index (χ0v) is 13.9. The van der Waals surface area contributed by atoms with Crippen LogP contribution in [0.2, 0.25) is 5.02 Å². The number of nitrogens with zero attached hydrogens (tertiary/aromatic N) is 1. The highest BCUT2D eigenvalue weighted by Crippen LogP contribution is 2.28. The molecule has 1 fully saturated rings. The van der Waals surface area contributed by atoms with Gasteiger partial charge in [0.05, 0.1) is 5.54 Å². The van der Waals surface area contributed by atoms with Crippen molar-refractivity contribution in [2.75, 3.05) is 7.05 Å². The summed E-state index contributed by atoms with van der Waals surface area (Å²) in [5, 5.41) is 3.80. The molecule has 2 rings (SSSR count). The highest BCUT2D eigenvalue weighted by atomic mass is 35.5. The lowest BCUT2D eigenvalue weighted by Crippen LogP contribution is -2.50. The predicted molar refractivity (Wildman–Crippen MR) is 87.6 cm³/mol. The summed E-state index contributed by atoms with van der Waals surface area (Å²) in [7, 11) is 1.90. The summed E-state index contributed by atoms with van der Waals surface area (Å²) in [6.45, 7) is 3.97. The Kier molecular flexibility index (Phi) is 5.15. The van der Waals surface area contributed by atoms with Crippen LogP contribution in [0.4, 0.5) is 4.79 Å². The lowest BCUT2D eigenvalue weighted by molar-refractivity contribution is 0.164. The van der Waals surface area contributed by atoms with Crippen LogP contribution in [0.25, 0.3) is 0 Å². The predicted octanol–water partition coefficient (Wildman–Crippen LogP) is 4.55. The van der Waals surface area contributed by atoms with E-state index < -0.39 is 5.54 Å². The van der Waals surface area contributed by atoms with E-state index in [1.807, 2.05) is 50.1 Å². The number of amides is 2. The van der Waals surface area contributed by atoms with E-state index in [9.17, 15) is 4.79 Å². The molecule has 0 spiro atoms. The monoisotopic (exact) mass is 308 g/mol. The van der Waals surface area contributed by atoms with Gasteiger partial charge in [-0.25, -0.2) is 4.79 Å². The highest BCUT2D eigenvalue weighted by Gasteiger charge is 2.29. The highest BCUT2D eigenvalue weighted by molar-refractivity contribution is 6.31. The quantitative estimate of drug-likeness (QED) is 0.873. The van der Waals surface area contributed by atoms with Crippen LogP contribution in [0.3, 0.4) is 0 Å². The van der Waals surface area contributed by atoms with Crippen LogP contribution >= 0.6 is 11.6 Å². The van der Waals surface area contributed by atoms with Crippen molar-refractivity contribution in [3.05, 3.63) is 34.9 Å². The molecule has 1 aliphatic carbocycles. The van der Waals surface area contributed by atoms with Crippen LogP contribution in [0, 0.1) is 0 Å². The maximum Gasteiger partial charge on any atom is 0.318 e. The number of hydrogen-bond donors (Lipinski definition) is 1. The third-order valence-corrected chi connectivity index (χ3v) is 4.74. The summed E-state index contributed by atoms with van der Waals surface area (Å²) in [6.07, 6.45) is 5.94. The van der Waals surface area contributed by atoms with E-state index in [2.05, 4.69) is 5.32 Å². The molecule has 1 aliphatic rings. The average Bonchev–Trinajstić information content (AvgIpc) is 2.47. The largest absolute Gasteiger partial charge is 0.329 e. The van der Waals surface area contributed by atoms with Crippen molar-refractivity contribution in [2.45, 2.75) is 57.5 Å². The summed E-state index contributed by atoms with van der Waals surface area (Å²) in [6, 6.07) is 8.00. The molecule has 0 aromatic heterocycles. The van der Waals surface area contributed by atoms with Crippen LogP contribution in [0.1, 0.15) is 51.5 Å². The molecule has 0 atom stereocenters. The number of halogens is 1. The minimum Gasteiger partial charge on any atom is -0.329 e. The number of urea groups is 1. The Morgan fingerprint density at radius 2 is 1.86 bits per heavy atom. The van der Waals surface area contributed by atoms with Crippen molar-refractivity contribution in [1.29, 1.82) is 0 Å². The molecule has 0 aliphatic heterocycles. The molecule has 116 valence electrons. The molecule has 2 amide bonds. The summed E-state index contributed by atoms with van der Waals surface area (Å²) in [5.41, 5.74) is 0.454. The van der Waals surface area contributed by atoms with E-state index in [0.29, 0.717) is 11.1 Å². The maximum atomic E-state index is 12.5. The van der Waals surface area contributed by atoms with E-state index >= 15 is 0 Å². The van der Waals surface area contributed by atoms with Gasteiger partial charge in [0.1, 0.15) is 0 Å². The van der Waals surface area contributed by atoms with Crippen molar-refractivity contribution in [2.24, 2.45) is 0 Å². The topological polar surface area (TPSA) is 32.3 Å². The van der Waals surface area contributed by atoms with Crippen LogP contribution in [-0.2, 0) is 5.54 Å². The van der Waals surface area contributed by atoms with Crippen LogP contribution in [0.15, 0.2) is 24.3 Å². The molecule has 0 heterocycles. The SMILES string of the molecule is CN(C(=O)NC(C)(C)c1ccccc1Cl)C1CCCCC1. The van der Waals surface area contributed by atoms with E-state index in [-0.39, 0.29) is 6.03 Å². The first-order valence-corrected chi connectivity index (χ1v) is 8.09. The molecule has 0 radical (unpaired) electrons. The number of hydrogen-bond acceptors (Lipinski definition) is 1. The molecule has 0 saturated heterocycles. The van der Waals surface area contributed by atoms with Gasteiger partial charge in [-0.1, -0.05) is 49.1 Å². The first-order valence-electron chi connectivity index (χ1n) is 7.72. The van der Waals surface area contributed by atoms with Gasteiger partial charge < -0.3 is 10.2 Å². The van der Waals surface area contributed by atoms with Crippen molar-refractivity contribution in [1.82, 2.24) is 10.2 Å². The Morgan fingerprint density at radius 3 is 2.48 bits per heavy atom. The first kappa shape index (κ1) is 16.2. The fourth-order valence-electron chi connectivity index (χ4n) is 3.03. The lowest BCUT2D eigenvalue weighted by atomic mass is 9.93. The van der Waals surface area contributed by atoms with Crippen molar-refractivity contribution in [3.8, 4) is 0 Å². The van der Waals surface area contributed by atoms with Crippen molar-refractivity contribution >= 4 is 17.6 Å². The third-order valence-electron chi connectivity index (χ3n) is 4.41. The van der Waals surface area contributed by atoms with E-state index in [1.165, 1.54) is 19.3 Å². The minimum absolute atomic E-state index is 0.0215. The fraction of sp³-hybridized carbons (Fsp3) is 0.588. The number of carbonyl (C=O) groups excluding carboxylic acids is 1. The summed E-state index contributed by atoms with van der Waals surface area (Å²) < 4.78 is 0. The van der Waals surface area contributed by atoms with E-state index in [0.717, 1.165) is 18.4 Å². The third kappa shape index (κ3) is 3.91. The molecule has 21 heavy (non-hydrogen) atoms. The van der Waals surface area contributed by atoms with Gasteiger partial charge in [-0.3, -0.25) is 0 Å². The van der Waals surface area contributed by atoms with E-state index in [1.54, 1.807) is 0 Å². The molecule has 1 aromatic carbocycles. The Morgan fingerprint density at radius 1 is 1.24 bits per heavy atom. The number of nitrogens with one attached hydrogen (secondary N) is 1. The molecule has 1 saturated carbocycles. The molecule has 0 unspecified atom stereocenters. The standard InChI is InChI=1S/C17H25ClN2O/c1-17(2,14-11-7-8-12-15(14)18)19-16(21)20(3)13-9-5-4-6-10-13/h7-8,11-13H,4-6,9-10H2,1-3H3,(H,19,21). The molecule has 4 heteroatoms. The maximum absolute atomic E-state index is 12.5. The second-order valence-corrected chi connectivity index (χ2v) is 6.84. The second-order valence-electron chi connectivity index (χ2n) is 6.44. The van der Waals surface area contributed by atoms with Gasteiger partial charge in [0, 0.05) is 18.1 Å². The minimum atomic E-state index is -0.488. The average molecular weight is 309 g/mol. The Hall–Kier alpha value is -1.22.